The zero-order chi connectivity index (χ0) is 14.6. The standard InChI is InChI=1S/C12H15F3N2O2/c1-7-3-8(2)11(9(16)4-7)19-5-10(18)17-6-12(13,14)15/h3-4H,5-6,16H2,1-2H3,(H,17,18). The van der Waals surface area contributed by atoms with Crippen LogP contribution in [0.5, 0.6) is 5.75 Å². The van der Waals surface area contributed by atoms with Crippen molar-refractivity contribution in [2.45, 2.75) is 20.0 Å². The highest BCUT2D eigenvalue weighted by atomic mass is 19.4. The summed E-state index contributed by atoms with van der Waals surface area (Å²) in [6.07, 6.45) is -4.44. The van der Waals surface area contributed by atoms with Gasteiger partial charge in [0.25, 0.3) is 5.91 Å². The van der Waals surface area contributed by atoms with E-state index in [9.17, 15) is 18.0 Å². The monoisotopic (exact) mass is 276 g/mol. The van der Waals surface area contributed by atoms with Gasteiger partial charge in [-0.25, -0.2) is 0 Å². The Morgan fingerprint density at radius 1 is 1.37 bits per heavy atom. The third-order valence-corrected chi connectivity index (χ3v) is 2.28. The van der Waals surface area contributed by atoms with Crippen LogP contribution >= 0.6 is 0 Å². The minimum absolute atomic E-state index is 0.313. The van der Waals surface area contributed by atoms with Gasteiger partial charge >= 0.3 is 6.18 Å². The zero-order valence-corrected chi connectivity index (χ0v) is 10.6. The summed E-state index contributed by atoms with van der Waals surface area (Å²) in [7, 11) is 0. The molecular weight excluding hydrogens is 261 g/mol. The number of amides is 1. The molecule has 19 heavy (non-hydrogen) atoms. The molecule has 0 heterocycles. The molecule has 0 aliphatic carbocycles. The minimum Gasteiger partial charge on any atom is -0.481 e. The third kappa shape index (κ3) is 5.07. The molecule has 0 unspecified atom stereocenters. The fourth-order valence-corrected chi connectivity index (χ4v) is 1.57. The van der Waals surface area contributed by atoms with Gasteiger partial charge in [-0.2, -0.15) is 13.2 Å². The molecule has 1 rings (SSSR count). The normalized spacial score (nSPS) is 11.2. The molecular formula is C12H15F3N2O2. The molecule has 0 saturated carbocycles. The molecule has 4 nitrogen and oxygen atoms in total. The van der Waals surface area contributed by atoms with Crippen LogP contribution in [0, 0.1) is 13.8 Å². The van der Waals surface area contributed by atoms with E-state index in [1.807, 2.05) is 6.92 Å². The van der Waals surface area contributed by atoms with Gasteiger partial charge in [-0.15, -0.1) is 0 Å². The highest BCUT2D eigenvalue weighted by molar-refractivity contribution is 5.77. The van der Waals surface area contributed by atoms with Crippen molar-refractivity contribution in [1.82, 2.24) is 5.32 Å². The molecule has 3 N–H and O–H groups in total. The molecule has 0 fully saturated rings. The first kappa shape index (κ1) is 15.1. The molecule has 0 aromatic heterocycles. The number of aryl methyl sites for hydroxylation is 2. The SMILES string of the molecule is Cc1cc(C)c(OCC(=O)NCC(F)(F)F)c(N)c1. The number of nitrogens with one attached hydrogen (secondary N) is 1. The molecule has 0 bridgehead atoms. The number of nitrogen functional groups attached to an aromatic ring is 1. The number of anilines is 1. The maximum Gasteiger partial charge on any atom is 0.405 e. The fraction of sp³-hybridized carbons (Fsp3) is 0.417. The van der Waals surface area contributed by atoms with Crippen molar-refractivity contribution in [3.63, 3.8) is 0 Å². The van der Waals surface area contributed by atoms with E-state index < -0.39 is 25.2 Å². The van der Waals surface area contributed by atoms with Gasteiger partial charge in [0.2, 0.25) is 0 Å². The molecule has 0 atom stereocenters. The van der Waals surface area contributed by atoms with E-state index in [0.29, 0.717) is 11.4 Å². The maximum absolute atomic E-state index is 11.9. The Morgan fingerprint density at radius 3 is 2.53 bits per heavy atom. The van der Waals surface area contributed by atoms with Crippen LogP contribution in [0.3, 0.4) is 0 Å². The van der Waals surface area contributed by atoms with Crippen LogP contribution in [0.25, 0.3) is 0 Å². The number of carbonyl (C=O) groups excluding carboxylic acids is 1. The van der Waals surface area contributed by atoms with E-state index in [-0.39, 0.29) is 0 Å². The molecule has 1 aromatic carbocycles. The first-order chi connectivity index (χ1) is 8.69. The highest BCUT2D eigenvalue weighted by Crippen LogP contribution is 2.27. The second kappa shape index (κ2) is 5.81. The van der Waals surface area contributed by atoms with Crippen LogP contribution in [0.2, 0.25) is 0 Å². The van der Waals surface area contributed by atoms with Crippen molar-refractivity contribution in [3.05, 3.63) is 23.3 Å². The number of benzene rings is 1. The quantitative estimate of drug-likeness (QED) is 0.826. The number of alkyl halides is 3. The van der Waals surface area contributed by atoms with Crippen molar-refractivity contribution >= 4 is 11.6 Å². The molecule has 7 heteroatoms. The topological polar surface area (TPSA) is 64.3 Å². The van der Waals surface area contributed by atoms with E-state index >= 15 is 0 Å². The lowest BCUT2D eigenvalue weighted by molar-refractivity contribution is -0.139. The van der Waals surface area contributed by atoms with Crippen LogP contribution in [-0.4, -0.2) is 25.2 Å². The Labute approximate surface area is 108 Å². The summed E-state index contributed by atoms with van der Waals surface area (Å²) in [5.74, 6) is -0.538. The average molecular weight is 276 g/mol. The van der Waals surface area contributed by atoms with Crippen LogP contribution < -0.4 is 15.8 Å². The van der Waals surface area contributed by atoms with Gasteiger partial charge in [-0.05, 0) is 31.0 Å². The summed E-state index contributed by atoms with van der Waals surface area (Å²) in [6.45, 7) is 1.71. The molecule has 0 spiro atoms. The first-order valence-corrected chi connectivity index (χ1v) is 5.52. The Bertz CT molecular complexity index is 450. The molecule has 1 aromatic rings. The lowest BCUT2D eigenvalue weighted by Crippen LogP contribution is -2.36. The number of nitrogens with two attached hydrogens (primary N) is 1. The number of ether oxygens (including phenoxy) is 1. The summed E-state index contributed by atoms with van der Waals surface area (Å²) in [6, 6.07) is 3.47. The van der Waals surface area contributed by atoms with E-state index in [0.717, 1.165) is 11.1 Å². The highest BCUT2D eigenvalue weighted by Gasteiger charge is 2.27. The fourth-order valence-electron chi connectivity index (χ4n) is 1.57. The molecule has 0 radical (unpaired) electrons. The molecule has 0 aliphatic rings. The van der Waals surface area contributed by atoms with Crippen molar-refractivity contribution < 1.29 is 22.7 Å². The van der Waals surface area contributed by atoms with Crippen molar-refractivity contribution in [3.8, 4) is 5.75 Å². The van der Waals surface area contributed by atoms with Crippen molar-refractivity contribution in [2.24, 2.45) is 0 Å². The number of rotatable bonds is 4. The summed E-state index contributed by atoms with van der Waals surface area (Å²) >= 11 is 0. The van der Waals surface area contributed by atoms with Gasteiger partial charge in [-0.1, -0.05) is 6.07 Å². The van der Waals surface area contributed by atoms with Gasteiger partial charge in [-0.3, -0.25) is 4.79 Å². The number of halogens is 3. The van der Waals surface area contributed by atoms with Gasteiger partial charge in [0, 0.05) is 0 Å². The van der Waals surface area contributed by atoms with Crippen LogP contribution in [0.4, 0.5) is 18.9 Å². The number of carbonyl (C=O) groups is 1. The lowest BCUT2D eigenvalue weighted by atomic mass is 10.1. The van der Waals surface area contributed by atoms with Crippen LogP contribution in [0.1, 0.15) is 11.1 Å². The van der Waals surface area contributed by atoms with E-state index in [4.69, 9.17) is 10.5 Å². The summed E-state index contributed by atoms with van der Waals surface area (Å²) in [4.78, 5) is 11.2. The zero-order valence-electron chi connectivity index (χ0n) is 10.6. The molecule has 0 aliphatic heterocycles. The first-order valence-electron chi connectivity index (χ1n) is 5.52. The van der Waals surface area contributed by atoms with Crippen LogP contribution in [-0.2, 0) is 4.79 Å². The smallest absolute Gasteiger partial charge is 0.405 e. The minimum atomic E-state index is -4.44. The number of hydrogen-bond donors (Lipinski definition) is 2. The second-order valence-electron chi connectivity index (χ2n) is 4.18. The summed E-state index contributed by atoms with van der Waals surface area (Å²) < 4.78 is 40.8. The average Bonchev–Trinajstić information content (AvgIpc) is 2.23. The van der Waals surface area contributed by atoms with Gasteiger partial charge in [0.15, 0.2) is 6.61 Å². The molecule has 0 saturated heterocycles. The van der Waals surface area contributed by atoms with E-state index in [2.05, 4.69) is 0 Å². The number of hydrogen-bond acceptors (Lipinski definition) is 3. The lowest BCUT2D eigenvalue weighted by Gasteiger charge is -2.13. The Kier molecular flexibility index (Phi) is 4.63. The predicted octanol–water partition coefficient (Wildman–Crippen LogP) is 1.94. The Morgan fingerprint density at radius 2 is 2.00 bits per heavy atom. The van der Waals surface area contributed by atoms with Gasteiger partial charge < -0.3 is 15.8 Å². The molecule has 1 amide bonds. The van der Waals surface area contributed by atoms with Crippen molar-refractivity contribution in [1.29, 1.82) is 0 Å². The Hall–Kier alpha value is -1.92. The third-order valence-electron chi connectivity index (χ3n) is 2.28. The second-order valence-corrected chi connectivity index (χ2v) is 4.18. The summed E-state index contributed by atoms with van der Waals surface area (Å²) in [5.41, 5.74) is 7.72. The largest absolute Gasteiger partial charge is 0.481 e. The summed E-state index contributed by atoms with van der Waals surface area (Å²) in [5, 5.41) is 1.71. The maximum atomic E-state index is 11.9. The predicted molar refractivity (Wildman–Crippen MR) is 64.9 cm³/mol. The van der Waals surface area contributed by atoms with E-state index in [1.165, 1.54) is 0 Å². The van der Waals surface area contributed by atoms with Gasteiger partial charge in [0.05, 0.1) is 5.69 Å². The van der Waals surface area contributed by atoms with Crippen molar-refractivity contribution in [2.75, 3.05) is 18.9 Å². The van der Waals surface area contributed by atoms with Gasteiger partial charge in [0.1, 0.15) is 12.3 Å². The Balaban J connectivity index is 2.56. The van der Waals surface area contributed by atoms with E-state index in [1.54, 1.807) is 24.4 Å². The molecule has 106 valence electrons. The van der Waals surface area contributed by atoms with Crippen LogP contribution in [0.15, 0.2) is 12.1 Å².